The lowest BCUT2D eigenvalue weighted by molar-refractivity contribution is -0.0395. The molecule has 4 heteroatoms. The zero-order valence-electron chi connectivity index (χ0n) is 13.7. The van der Waals surface area contributed by atoms with Gasteiger partial charge in [0.05, 0.1) is 25.9 Å². The molecule has 0 bridgehead atoms. The minimum Gasteiger partial charge on any atom is -0.496 e. The van der Waals surface area contributed by atoms with Crippen molar-refractivity contribution in [2.75, 3.05) is 40.4 Å². The minimum absolute atomic E-state index is 0.158. The fourth-order valence-electron chi connectivity index (χ4n) is 2.85. The van der Waals surface area contributed by atoms with Gasteiger partial charge in [0.2, 0.25) is 0 Å². The van der Waals surface area contributed by atoms with Gasteiger partial charge in [0.25, 0.3) is 0 Å². The predicted octanol–water partition coefficient (Wildman–Crippen LogP) is 2.37. The lowest BCUT2D eigenvalue weighted by Crippen LogP contribution is -2.47. The van der Waals surface area contributed by atoms with E-state index in [0.29, 0.717) is 0 Å². The smallest absolute Gasteiger partial charge is 0.123 e. The van der Waals surface area contributed by atoms with E-state index >= 15 is 0 Å². The van der Waals surface area contributed by atoms with Crippen molar-refractivity contribution >= 4 is 0 Å². The number of morpholine rings is 1. The fraction of sp³-hybridized carbons (Fsp3) is 0.647. The van der Waals surface area contributed by atoms with Crippen LogP contribution in [0.3, 0.4) is 0 Å². The van der Waals surface area contributed by atoms with Crippen LogP contribution in [0.1, 0.15) is 30.5 Å². The van der Waals surface area contributed by atoms with Gasteiger partial charge in [0.1, 0.15) is 5.75 Å². The number of likely N-dealkylation sites (N-methyl/N-ethyl adjacent to an activating group) is 1. The van der Waals surface area contributed by atoms with E-state index < -0.39 is 0 Å². The molecule has 1 aromatic carbocycles. The van der Waals surface area contributed by atoms with Crippen molar-refractivity contribution in [3.8, 4) is 5.75 Å². The van der Waals surface area contributed by atoms with Gasteiger partial charge in [-0.1, -0.05) is 24.6 Å². The summed E-state index contributed by atoms with van der Waals surface area (Å²) in [5.41, 5.74) is 2.45. The number of hydrogen-bond donors (Lipinski definition) is 1. The van der Waals surface area contributed by atoms with Crippen molar-refractivity contribution in [3.63, 3.8) is 0 Å². The second-order valence-electron chi connectivity index (χ2n) is 5.85. The Kier molecular flexibility index (Phi) is 6.03. The predicted molar refractivity (Wildman–Crippen MR) is 86.0 cm³/mol. The van der Waals surface area contributed by atoms with Crippen LogP contribution in [0.25, 0.3) is 0 Å². The first kappa shape index (κ1) is 16.3. The minimum atomic E-state index is 0.158. The second-order valence-corrected chi connectivity index (χ2v) is 5.85. The number of hydrogen-bond acceptors (Lipinski definition) is 4. The van der Waals surface area contributed by atoms with Crippen LogP contribution >= 0.6 is 0 Å². The first-order chi connectivity index (χ1) is 10.2. The molecule has 1 fully saturated rings. The van der Waals surface area contributed by atoms with E-state index in [1.165, 1.54) is 11.1 Å². The first-order valence-electron chi connectivity index (χ1n) is 7.83. The van der Waals surface area contributed by atoms with Crippen molar-refractivity contribution in [2.45, 2.75) is 32.4 Å². The Hall–Kier alpha value is -1.10. The summed E-state index contributed by atoms with van der Waals surface area (Å²) >= 11 is 0. The normalized spacial score (nSPS) is 21.2. The molecule has 0 spiro atoms. The molecule has 1 saturated heterocycles. The molecule has 1 heterocycles. The fourth-order valence-corrected chi connectivity index (χ4v) is 2.85. The third-order valence-electron chi connectivity index (χ3n) is 4.00. The van der Waals surface area contributed by atoms with Crippen molar-refractivity contribution in [1.82, 2.24) is 10.2 Å². The first-order valence-corrected chi connectivity index (χ1v) is 7.83. The van der Waals surface area contributed by atoms with E-state index in [1.807, 2.05) is 0 Å². The third-order valence-corrected chi connectivity index (χ3v) is 4.00. The Balaban J connectivity index is 2.28. The number of nitrogens with zero attached hydrogens (tertiary/aromatic N) is 1. The molecule has 0 radical (unpaired) electrons. The number of rotatable bonds is 6. The van der Waals surface area contributed by atoms with Crippen LogP contribution in [0.15, 0.2) is 18.2 Å². The topological polar surface area (TPSA) is 33.7 Å². The highest BCUT2D eigenvalue weighted by Crippen LogP contribution is 2.30. The molecule has 0 aromatic heterocycles. The summed E-state index contributed by atoms with van der Waals surface area (Å²) in [6.07, 6.45) is 1.26. The summed E-state index contributed by atoms with van der Waals surface area (Å²) in [5, 5.41) is 3.65. The van der Waals surface area contributed by atoms with Gasteiger partial charge in [-0.15, -0.1) is 0 Å². The van der Waals surface area contributed by atoms with Crippen LogP contribution < -0.4 is 10.1 Å². The average Bonchev–Trinajstić information content (AvgIpc) is 2.48. The number of methoxy groups -OCH3 is 1. The SMILES string of the molecule is CCCNC(c1cc(C)ccc1OC)C1CN(C)CCO1. The molecule has 0 aliphatic carbocycles. The van der Waals surface area contributed by atoms with Crippen LogP contribution in [0.4, 0.5) is 0 Å². The maximum atomic E-state index is 6.04. The number of benzene rings is 1. The third kappa shape index (κ3) is 4.19. The molecule has 1 aromatic rings. The molecular weight excluding hydrogens is 264 g/mol. The molecule has 118 valence electrons. The van der Waals surface area contributed by atoms with E-state index in [0.717, 1.165) is 38.4 Å². The van der Waals surface area contributed by atoms with Crippen LogP contribution in [-0.2, 0) is 4.74 Å². The highest BCUT2D eigenvalue weighted by atomic mass is 16.5. The van der Waals surface area contributed by atoms with Crippen molar-refractivity contribution in [3.05, 3.63) is 29.3 Å². The van der Waals surface area contributed by atoms with E-state index in [2.05, 4.69) is 49.3 Å². The molecule has 1 aliphatic heterocycles. The summed E-state index contributed by atoms with van der Waals surface area (Å²) in [6, 6.07) is 6.53. The summed E-state index contributed by atoms with van der Waals surface area (Å²) in [6.45, 7) is 8.02. The van der Waals surface area contributed by atoms with Crippen molar-refractivity contribution in [2.24, 2.45) is 0 Å². The summed E-state index contributed by atoms with van der Waals surface area (Å²) in [4.78, 5) is 2.33. The molecule has 0 saturated carbocycles. The standard InChI is InChI=1S/C17H28N2O2/c1-5-8-18-17(16-12-19(3)9-10-21-16)14-11-13(2)6-7-15(14)20-4/h6-7,11,16-18H,5,8-10,12H2,1-4H3. The maximum Gasteiger partial charge on any atom is 0.123 e. The van der Waals surface area contributed by atoms with Gasteiger partial charge in [-0.25, -0.2) is 0 Å². The van der Waals surface area contributed by atoms with Crippen LogP contribution in [-0.4, -0.2) is 51.4 Å². The van der Waals surface area contributed by atoms with E-state index in [4.69, 9.17) is 9.47 Å². The van der Waals surface area contributed by atoms with Gasteiger partial charge in [0.15, 0.2) is 0 Å². The highest BCUT2D eigenvalue weighted by Gasteiger charge is 2.29. The number of ether oxygens (including phenoxy) is 2. The molecule has 2 atom stereocenters. The second kappa shape index (κ2) is 7.78. The summed E-state index contributed by atoms with van der Waals surface area (Å²) in [5.74, 6) is 0.936. The zero-order valence-corrected chi connectivity index (χ0v) is 13.7. The van der Waals surface area contributed by atoms with Gasteiger partial charge >= 0.3 is 0 Å². The van der Waals surface area contributed by atoms with Gasteiger partial charge in [-0.3, -0.25) is 0 Å². The molecule has 21 heavy (non-hydrogen) atoms. The molecule has 2 rings (SSSR count). The van der Waals surface area contributed by atoms with Crippen molar-refractivity contribution in [1.29, 1.82) is 0 Å². The Morgan fingerprint density at radius 2 is 2.29 bits per heavy atom. The van der Waals surface area contributed by atoms with Crippen LogP contribution in [0.5, 0.6) is 5.75 Å². The Labute approximate surface area is 128 Å². The van der Waals surface area contributed by atoms with Crippen molar-refractivity contribution < 1.29 is 9.47 Å². The monoisotopic (exact) mass is 292 g/mol. The Morgan fingerprint density at radius 3 is 2.95 bits per heavy atom. The average molecular weight is 292 g/mol. The summed E-state index contributed by atoms with van der Waals surface area (Å²) < 4.78 is 11.6. The number of aryl methyl sites for hydroxylation is 1. The Morgan fingerprint density at radius 1 is 1.48 bits per heavy atom. The van der Waals surface area contributed by atoms with E-state index in [-0.39, 0.29) is 12.1 Å². The van der Waals surface area contributed by atoms with Crippen LogP contribution in [0, 0.1) is 6.92 Å². The zero-order chi connectivity index (χ0) is 15.2. The quantitative estimate of drug-likeness (QED) is 0.873. The summed E-state index contributed by atoms with van der Waals surface area (Å²) in [7, 11) is 3.89. The molecule has 0 amide bonds. The van der Waals surface area contributed by atoms with Gasteiger partial charge in [-0.05, 0) is 33.0 Å². The molecule has 2 unspecified atom stereocenters. The van der Waals surface area contributed by atoms with Gasteiger partial charge in [-0.2, -0.15) is 0 Å². The van der Waals surface area contributed by atoms with Gasteiger partial charge in [0, 0.05) is 18.7 Å². The van der Waals surface area contributed by atoms with Gasteiger partial charge < -0.3 is 19.7 Å². The van der Waals surface area contributed by atoms with Crippen LogP contribution in [0.2, 0.25) is 0 Å². The molecule has 1 N–H and O–H groups in total. The lowest BCUT2D eigenvalue weighted by atomic mass is 9.97. The molecule has 4 nitrogen and oxygen atoms in total. The maximum absolute atomic E-state index is 6.04. The number of nitrogens with one attached hydrogen (secondary N) is 1. The highest BCUT2D eigenvalue weighted by molar-refractivity contribution is 5.40. The lowest BCUT2D eigenvalue weighted by Gasteiger charge is -2.36. The molecular formula is C17H28N2O2. The van der Waals surface area contributed by atoms with E-state index in [9.17, 15) is 0 Å². The largest absolute Gasteiger partial charge is 0.496 e. The molecule has 1 aliphatic rings. The van der Waals surface area contributed by atoms with E-state index in [1.54, 1.807) is 7.11 Å². The Bertz CT molecular complexity index is 450.